The maximum absolute atomic E-state index is 11.4. The molecule has 0 aromatic heterocycles. The highest BCUT2D eigenvalue weighted by Gasteiger charge is 2.20. The molecule has 0 aliphatic rings. The molecule has 5 nitrogen and oxygen atoms in total. The number of hydrogen-bond acceptors (Lipinski definition) is 4. The molecular weight excluding hydrogens is 396 g/mol. The van der Waals surface area contributed by atoms with Crippen molar-refractivity contribution in [2.24, 2.45) is 0 Å². The maximum atomic E-state index is 11.4. The number of hydrogen-bond donors (Lipinski definition) is 1. The first-order valence-electron chi connectivity index (χ1n) is 9.76. The predicted molar refractivity (Wildman–Crippen MR) is 125 cm³/mol. The Labute approximate surface area is 182 Å². The number of ether oxygens (including phenoxy) is 1. The van der Waals surface area contributed by atoms with Gasteiger partial charge in [-0.25, -0.2) is 8.42 Å². The van der Waals surface area contributed by atoms with Gasteiger partial charge in [-0.05, 0) is 55.9 Å². The van der Waals surface area contributed by atoms with E-state index in [1.165, 1.54) is 12.7 Å². The first kappa shape index (κ1) is 25.5. The van der Waals surface area contributed by atoms with Crippen LogP contribution in [-0.2, 0) is 20.9 Å². The van der Waals surface area contributed by atoms with Gasteiger partial charge >= 0.3 is 0 Å². The number of sulfonamides is 1. The summed E-state index contributed by atoms with van der Waals surface area (Å²) < 4.78 is 30.5. The van der Waals surface area contributed by atoms with Crippen molar-refractivity contribution in [1.29, 1.82) is 5.26 Å². The van der Waals surface area contributed by atoms with Crippen LogP contribution in [0.1, 0.15) is 56.9 Å². The van der Waals surface area contributed by atoms with Crippen LogP contribution in [0.25, 0.3) is 0 Å². The van der Waals surface area contributed by atoms with E-state index in [0.29, 0.717) is 11.4 Å². The lowest BCUT2D eigenvalue weighted by Gasteiger charge is -2.22. The summed E-state index contributed by atoms with van der Waals surface area (Å²) in [5.74, 6) is 0.563. The van der Waals surface area contributed by atoms with E-state index in [-0.39, 0.29) is 10.8 Å². The minimum Gasteiger partial charge on any atom is -0.494 e. The van der Waals surface area contributed by atoms with Crippen molar-refractivity contribution in [3.05, 3.63) is 58.7 Å². The summed E-state index contributed by atoms with van der Waals surface area (Å²) in [7, 11) is -1.78. The van der Waals surface area contributed by atoms with E-state index in [0.717, 1.165) is 22.9 Å². The molecule has 0 saturated carbocycles. The lowest BCUT2D eigenvalue weighted by atomic mass is 9.86. The first-order valence-corrected chi connectivity index (χ1v) is 11.6. The average Bonchev–Trinajstić information content (AvgIpc) is 2.60. The highest BCUT2D eigenvalue weighted by Crippen LogP contribution is 2.35. The van der Waals surface area contributed by atoms with Gasteiger partial charge in [0.2, 0.25) is 10.0 Å². The summed E-state index contributed by atoms with van der Waals surface area (Å²) >= 11 is 0. The van der Waals surface area contributed by atoms with Gasteiger partial charge in [0.15, 0.2) is 0 Å². The summed E-state index contributed by atoms with van der Waals surface area (Å²) in [6, 6.07) is 14.2. The minimum absolute atomic E-state index is 0.0506. The van der Waals surface area contributed by atoms with E-state index in [4.69, 9.17) is 10.00 Å². The number of nitriles is 1. The van der Waals surface area contributed by atoms with Crippen LogP contribution >= 0.6 is 0 Å². The third-order valence-corrected chi connectivity index (χ3v) is 5.25. The Morgan fingerprint density at radius 1 is 1.00 bits per heavy atom. The molecule has 0 heterocycles. The van der Waals surface area contributed by atoms with Gasteiger partial charge in [0, 0.05) is 0 Å². The molecule has 0 unspecified atom stereocenters. The molecule has 2 rings (SSSR count). The number of anilines is 1. The van der Waals surface area contributed by atoms with E-state index in [1.807, 2.05) is 58.0 Å². The van der Waals surface area contributed by atoms with Crippen LogP contribution in [0.2, 0.25) is 0 Å². The third kappa shape index (κ3) is 7.38. The molecule has 0 spiro atoms. The Hall–Kier alpha value is -2.52. The summed E-state index contributed by atoms with van der Waals surface area (Å²) in [4.78, 5) is 0. The van der Waals surface area contributed by atoms with Gasteiger partial charge in [0.05, 0.1) is 30.5 Å². The van der Waals surface area contributed by atoms with Crippen molar-refractivity contribution < 1.29 is 13.2 Å². The van der Waals surface area contributed by atoms with Crippen LogP contribution in [0.15, 0.2) is 36.4 Å². The van der Waals surface area contributed by atoms with Gasteiger partial charge in [0.25, 0.3) is 0 Å². The number of methoxy groups -OCH3 is 1. The van der Waals surface area contributed by atoms with Gasteiger partial charge in [0.1, 0.15) is 5.75 Å². The molecule has 0 amide bonds. The largest absolute Gasteiger partial charge is 0.494 e. The van der Waals surface area contributed by atoms with Crippen LogP contribution in [0.3, 0.4) is 0 Å². The second-order valence-corrected chi connectivity index (χ2v) is 10.9. The molecule has 164 valence electrons. The molecule has 2 aromatic rings. The molecule has 0 aliphatic carbocycles. The number of nitrogens with one attached hydrogen (secondary N) is 1. The summed E-state index contributed by atoms with van der Waals surface area (Å²) in [6.45, 7) is 14.1. The Kier molecular flexibility index (Phi) is 8.10. The number of rotatable bonds is 4. The quantitative estimate of drug-likeness (QED) is 0.698. The van der Waals surface area contributed by atoms with Crippen LogP contribution in [-0.4, -0.2) is 21.8 Å². The zero-order valence-corrected chi connectivity index (χ0v) is 20.4. The number of nitrogens with zero attached hydrogens (tertiary/aromatic N) is 1. The summed E-state index contributed by atoms with van der Waals surface area (Å²) in [5.41, 5.74) is 4.34. The standard InChI is InChI=1S/C13H21NO3S.C11H13N/c1-9-7-10(13(2,3)4)8-11(12(9)17-5)14-18(6,15)16;1-9-5-4-6-10(7-9)11(2,3)8-12/h7-8,14H,1-6H3;4-7H,1-3H3. The fourth-order valence-electron chi connectivity index (χ4n) is 2.85. The third-order valence-electron chi connectivity index (χ3n) is 4.66. The zero-order valence-electron chi connectivity index (χ0n) is 19.5. The second kappa shape index (κ2) is 9.53. The molecule has 0 saturated heterocycles. The van der Waals surface area contributed by atoms with Crippen molar-refractivity contribution in [2.45, 2.75) is 59.3 Å². The van der Waals surface area contributed by atoms with E-state index in [9.17, 15) is 8.42 Å². The van der Waals surface area contributed by atoms with E-state index in [1.54, 1.807) is 0 Å². The van der Waals surface area contributed by atoms with Crippen LogP contribution in [0.5, 0.6) is 5.75 Å². The smallest absolute Gasteiger partial charge is 0.229 e. The average molecular weight is 431 g/mol. The maximum Gasteiger partial charge on any atom is 0.229 e. The van der Waals surface area contributed by atoms with E-state index >= 15 is 0 Å². The molecule has 1 N–H and O–H groups in total. The fourth-order valence-corrected chi connectivity index (χ4v) is 3.40. The summed E-state index contributed by atoms with van der Waals surface area (Å²) in [5, 5.41) is 8.89. The predicted octanol–water partition coefficient (Wildman–Crippen LogP) is 5.47. The van der Waals surface area contributed by atoms with Gasteiger partial charge in [-0.3, -0.25) is 4.72 Å². The molecule has 0 fully saturated rings. The molecule has 0 radical (unpaired) electrons. The minimum atomic E-state index is -3.32. The Morgan fingerprint density at radius 3 is 2.03 bits per heavy atom. The Morgan fingerprint density at radius 2 is 1.60 bits per heavy atom. The normalized spacial score (nSPS) is 11.7. The van der Waals surface area contributed by atoms with Crippen molar-refractivity contribution in [3.63, 3.8) is 0 Å². The van der Waals surface area contributed by atoms with Crippen molar-refractivity contribution in [2.75, 3.05) is 18.1 Å². The topological polar surface area (TPSA) is 79.2 Å². The zero-order chi connectivity index (χ0) is 23.3. The number of aryl methyl sites for hydroxylation is 2. The highest BCUT2D eigenvalue weighted by atomic mass is 32.2. The molecular formula is C24H34N2O3S. The number of benzene rings is 2. The lowest BCUT2D eigenvalue weighted by molar-refractivity contribution is 0.413. The molecule has 2 aromatic carbocycles. The van der Waals surface area contributed by atoms with E-state index in [2.05, 4.69) is 37.6 Å². The van der Waals surface area contributed by atoms with Gasteiger partial charge in [-0.2, -0.15) is 5.26 Å². The molecule has 6 heteroatoms. The highest BCUT2D eigenvalue weighted by molar-refractivity contribution is 7.92. The van der Waals surface area contributed by atoms with Gasteiger partial charge in [-0.15, -0.1) is 0 Å². The molecule has 30 heavy (non-hydrogen) atoms. The Balaban J connectivity index is 0.000000325. The van der Waals surface area contributed by atoms with Crippen molar-refractivity contribution in [1.82, 2.24) is 0 Å². The van der Waals surface area contributed by atoms with E-state index < -0.39 is 10.0 Å². The van der Waals surface area contributed by atoms with Crippen molar-refractivity contribution in [3.8, 4) is 11.8 Å². The molecule has 0 bridgehead atoms. The Bertz CT molecular complexity index is 1030. The SMILES string of the molecule is COc1c(C)cc(C(C)(C)C)cc1NS(C)(=O)=O.Cc1cccc(C(C)(C)C#N)c1. The van der Waals surface area contributed by atoms with Crippen LogP contribution in [0.4, 0.5) is 5.69 Å². The monoisotopic (exact) mass is 430 g/mol. The van der Waals surface area contributed by atoms with Crippen LogP contribution in [0, 0.1) is 25.2 Å². The van der Waals surface area contributed by atoms with Gasteiger partial charge < -0.3 is 4.74 Å². The summed E-state index contributed by atoms with van der Waals surface area (Å²) in [6.07, 6.45) is 1.13. The van der Waals surface area contributed by atoms with Crippen LogP contribution < -0.4 is 9.46 Å². The first-order chi connectivity index (χ1) is 13.6. The molecule has 0 aliphatic heterocycles. The van der Waals surface area contributed by atoms with Gasteiger partial charge in [-0.1, -0.05) is 56.7 Å². The lowest BCUT2D eigenvalue weighted by Crippen LogP contribution is -2.15. The molecule has 0 atom stereocenters. The van der Waals surface area contributed by atoms with Crippen molar-refractivity contribution >= 4 is 15.7 Å². The fraction of sp³-hybridized carbons (Fsp3) is 0.458. The second-order valence-electron chi connectivity index (χ2n) is 9.10.